The van der Waals surface area contributed by atoms with Crippen molar-refractivity contribution in [1.82, 2.24) is 0 Å². The fraction of sp³-hybridized carbons (Fsp3) is 0.143. The van der Waals surface area contributed by atoms with Gasteiger partial charge < -0.3 is 9.47 Å². The van der Waals surface area contributed by atoms with Gasteiger partial charge in [-0.3, -0.25) is 0 Å². The molecule has 0 aliphatic rings. The number of hydrogen-bond donors (Lipinski definition) is 0. The molecule has 5 heteroatoms. The summed E-state index contributed by atoms with van der Waals surface area (Å²) in [5, 5.41) is 0. The zero-order valence-electron chi connectivity index (χ0n) is 10.7. The second kappa shape index (κ2) is 5.32. The number of ether oxygens (including phenoxy) is 2. The minimum absolute atomic E-state index is 0.0977. The lowest BCUT2D eigenvalue weighted by Crippen LogP contribution is -2.05. The van der Waals surface area contributed by atoms with Gasteiger partial charge in [0.05, 0.1) is 19.1 Å². The molecule has 0 atom stereocenters. The van der Waals surface area contributed by atoms with E-state index >= 15 is 0 Å². The zero-order chi connectivity index (χ0) is 13.9. The molecule has 0 saturated heterocycles. The van der Waals surface area contributed by atoms with Crippen molar-refractivity contribution in [2.24, 2.45) is 0 Å². The third kappa shape index (κ3) is 2.42. The van der Waals surface area contributed by atoms with Crippen LogP contribution < -0.4 is 9.47 Å². The summed E-state index contributed by atoms with van der Waals surface area (Å²) in [6, 6.07) is 13.0. The van der Waals surface area contributed by atoms with E-state index in [4.69, 9.17) is 9.47 Å². The van der Waals surface area contributed by atoms with Gasteiger partial charge in [-0.15, -0.1) is 0 Å². The van der Waals surface area contributed by atoms with E-state index in [0.29, 0.717) is 5.75 Å². The van der Waals surface area contributed by atoms with Crippen molar-refractivity contribution < 1.29 is 17.9 Å². The maximum atomic E-state index is 12.5. The molecular formula is C14H14O4S. The van der Waals surface area contributed by atoms with Gasteiger partial charge in [-0.2, -0.15) is 0 Å². The van der Waals surface area contributed by atoms with Crippen molar-refractivity contribution in [2.75, 3.05) is 14.2 Å². The van der Waals surface area contributed by atoms with Crippen LogP contribution in [0.5, 0.6) is 11.5 Å². The molecule has 4 nitrogen and oxygen atoms in total. The Morgan fingerprint density at radius 2 is 1.53 bits per heavy atom. The van der Waals surface area contributed by atoms with Crippen LogP contribution in [0.3, 0.4) is 0 Å². The van der Waals surface area contributed by atoms with Crippen LogP contribution in [0.25, 0.3) is 0 Å². The molecule has 2 rings (SSSR count). The van der Waals surface area contributed by atoms with Crippen LogP contribution >= 0.6 is 0 Å². The zero-order valence-corrected chi connectivity index (χ0v) is 11.5. The molecule has 100 valence electrons. The highest BCUT2D eigenvalue weighted by Crippen LogP contribution is 2.36. The van der Waals surface area contributed by atoms with Crippen molar-refractivity contribution in [3.8, 4) is 11.5 Å². The van der Waals surface area contributed by atoms with Crippen LogP contribution in [-0.4, -0.2) is 22.6 Å². The van der Waals surface area contributed by atoms with Crippen LogP contribution in [0.1, 0.15) is 0 Å². The maximum Gasteiger partial charge on any atom is 0.210 e. The Labute approximate surface area is 112 Å². The number of sulfone groups is 1. The van der Waals surface area contributed by atoms with E-state index in [1.165, 1.54) is 20.3 Å². The van der Waals surface area contributed by atoms with Gasteiger partial charge in [0.25, 0.3) is 0 Å². The quantitative estimate of drug-likeness (QED) is 0.862. The number of benzene rings is 2. The molecule has 0 saturated carbocycles. The summed E-state index contributed by atoms with van der Waals surface area (Å²) in [6.45, 7) is 0. The normalized spacial score (nSPS) is 11.1. The molecule has 0 aliphatic carbocycles. The molecule has 19 heavy (non-hydrogen) atoms. The molecule has 0 heterocycles. The highest BCUT2D eigenvalue weighted by atomic mass is 32.2. The fourth-order valence-electron chi connectivity index (χ4n) is 1.80. The molecule has 0 aromatic heterocycles. The Bertz CT molecular complexity index is 663. The van der Waals surface area contributed by atoms with Crippen molar-refractivity contribution in [2.45, 2.75) is 9.79 Å². The number of para-hydroxylation sites is 1. The summed E-state index contributed by atoms with van der Waals surface area (Å²) < 4.78 is 35.4. The molecule has 0 N–H and O–H groups in total. The van der Waals surface area contributed by atoms with E-state index in [0.717, 1.165) is 0 Å². The van der Waals surface area contributed by atoms with Crippen molar-refractivity contribution >= 4 is 9.84 Å². The monoisotopic (exact) mass is 278 g/mol. The van der Waals surface area contributed by atoms with E-state index in [1.807, 2.05) is 0 Å². The lowest BCUT2D eigenvalue weighted by atomic mass is 10.3. The molecule has 0 spiro atoms. The van der Waals surface area contributed by atoms with Gasteiger partial charge in [-0.1, -0.05) is 24.3 Å². The van der Waals surface area contributed by atoms with Gasteiger partial charge in [0.1, 0.15) is 4.90 Å². The van der Waals surface area contributed by atoms with Gasteiger partial charge in [-0.25, -0.2) is 8.42 Å². The van der Waals surface area contributed by atoms with Crippen LogP contribution in [-0.2, 0) is 9.84 Å². The number of methoxy groups -OCH3 is 2. The largest absolute Gasteiger partial charge is 0.493 e. The predicted molar refractivity (Wildman–Crippen MR) is 71.4 cm³/mol. The van der Waals surface area contributed by atoms with E-state index in [1.54, 1.807) is 42.5 Å². The maximum absolute atomic E-state index is 12.5. The number of hydrogen-bond acceptors (Lipinski definition) is 4. The summed E-state index contributed by atoms with van der Waals surface area (Å²) >= 11 is 0. The second-order valence-electron chi connectivity index (χ2n) is 3.81. The first-order valence-corrected chi connectivity index (χ1v) is 7.10. The number of rotatable bonds is 4. The molecule has 2 aromatic rings. The van der Waals surface area contributed by atoms with Crippen LogP contribution in [0.15, 0.2) is 58.3 Å². The molecule has 0 bridgehead atoms. The molecular weight excluding hydrogens is 264 g/mol. The summed E-state index contributed by atoms with van der Waals surface area (Å²) in [7, 11) is -0.732. The Kier molecular flexibility index (Phi) is 3.76. The third-order valence-electron chi connectivity index (χ3n) is 2.71. The Morgan fingerprint density at radius 1 is 0.842 bits per heavy atom. The van der Waals surface area contributed by atoms with Gasteiger partial charge in [0, 0.05) is 0 Å². The first-order chi connectivity index (χ1) is 9.11. The van der Waals surface area contributed by atoms with Crippen LogP contribution in [0.2, 0.25) is 0 Å². The Balaban J connectivity index is 2.65. The minimum Gasteiger partial charge on any atom is -0.493 e. The third-order valence-corrected chi connectivity index (χ3v) is 4.50. The molecule has 0 unspecified atom stereocenters. The van der Waals surface area contributed by atoms with E-state index < -0.39 is 9.84 Å². The first-order valence-electron chi connectivity index (χ1n) is 5.62. The van der Waals surface area contributed by atoms with E-state index in [-0.39, 0.29) is 15.5 Å². The minimum atomic E-state index is -3.62. The van der Waals surface area contributed by atoms with Crippen molar-refractivity contribution in [3.05, 3.63) is 48.5 Å². The molecule has 0 amide bonds. The fourth-order valence-corrected chi connectivity index (χ4v) is 3.25. The summed E-state index contributed by atoms with van der Waals surface area (Å²) in [5.41, 5.74) is 0. The summed E-state index contributed by atoms with van der Waals surface area (Å²) in [6.07, 6.45) is 0. The molecule has 0 aliphatic heterocycles. The second-order valence-corrected chi connectivity index (χ2v) is 5.73. The van der Waals surface area contributed by atoms with E-state index in [2.05, 4.69) is 0 Å². The van der Waals surface area contributed by atoms with Gasteiger partial charge in [0.15, 0.2) is 11.5 Å². The van der Waals surface area contributed by atoms with Gasteiger partial charge in [0.2, 0.25) is 9.84 Å². The first kappa shape index (κ1) is 13.4. The average Bonchev–Trinajstić information content (AvgIpc) is 2.47. The molecule has 2 aromatic carbocycles. The molecule has 0 fully saturated rings. The topological polar surface area (TPSA) is 52.6 Å². The van der Waals surface area contributed by atoms with Crippen molar-refractivity contribution in [1.29, 1.82) is 0 Å². The predicted octanol–water partition coefficient (Wildman–Crippen LogP) is 2.54. The summed E-state index contributed by atoms with van der Waals surface area (Å²) in [5.74, 6) is 0.605. The van der Waals surface area contributed by atoms with Crippen LogP contribution in [0.4, 0.5) is 0 Å². The highest BCUT2D eigenvalue weighted by molar-refractivity contribution is 7.91. The highest BCUT2D eigenvalue weighted by Gasteiger charge is 2.24. The van der Waals surface area contributed by atoms with Gasteiger partial charge >= 0.3 is 0 Å². The lowest BCUT2D eigenvalue weighted by Gasteiger charge is -2.12. The van der Waals surface area contributed by atoms with Crippen molar-refractivity contribution in [3.63, 3.8) is 0 Å². The smallest absolute Gasteiger partial charge is 0.210 e. The van der Waals surface area contributed by atoms with E-state index in [9.17, 15) is 8.42 Å². The standard InChI is InChI=1S/C14H14O4S/c1-17-12-9-6-10-13(14(12)18-2)19(15,16)11-7-4-3-5-8-11/h3-10H,1-2H3. The lowest BCUT2D eigenvalue weighted by molar-refractivity contribution is 0.347. The Hall–Kier alpha value is -2.01. The SMILES string of the molecule is COc1cccc(S(=O)(=O)c2ccccc2)c1OC. The average molecular weight is 278 g/mol. The Morgan fingerprint density at radius 3 is 2.11 bits per heavy atom. The summed E-state index contributed by atoms with van der Waals surface area (Å²) in [4.78, 5) is 0.321. The molecule has 0 radical (unpaired) electrons. The van der Waals surface area contributed by atoms with Crippen LogP contribution in [0, 0.1) is 0 Å². The van der Waals surface area contributed by atoms with Gasteiger partial charge in [-0.05, 0) is 24.3 Å².